The fourth-order valence-corrected chi connectivity index (χ4v) is 3.28. The molecule has 1 aliphatic rings. The van der Waals surface area contributed by atoms with Crippen LogP contribution < -0.4 is 15.4 Å². The van der Waals surface area contributed by atoms with Crippen LogP contribution in [0.5, 0.6) is 5.88 Å². The first-order chi connectivity index (χ1) is 12.8. The van der Waals surface area contributed by atoms with Crippen LogP contribution in [0, 0.1) is 0 Å². The van der Waals surface area contributed by atoms with Gasteiger partial charge in [-0.05, 0) is 44.1 Å². The Morgan fingerprint density at radius 2 is 2.11 bits per heavy atom. The molecule has 3 rings (SSSR count). The van der Waals surface area contributed by atoms with Crippen LogP contribution in [0.3, 0.4) is 0 Å². The van der Waals surface area contributed by atoms with Gasteiger partial charge in [0.05, 0.1) is 19.4 Å². The van der Waals surface area contributed by atoms with Crippen molar-refractivity contribution < 1.29 is 9.15 Å². The fourth-order valence-electron chi connectivity index (χ4n) is 3.28. The van der Waals surface area contributed by atoms with Gasteiger partial charge in [-0.25, -0.2) is 4.98 Å². The first-order valence-electron chi connectivity index (χ1n) is 9.01. The molecule has 1 unspecified atom stereocenters. The molecule has 0 bridgehead atoms. The Kier molecular flexibility index (Phi) is 8.86. The molecular formula is C19H28IN5O2. The van der Waals surface area contributed by atoms with Gasteiger partial charge in [-0.3, -0.25) is 9.89 Å². The van der Waals surface area contributed by atoms with Crippen LogP contribution in [0.1, 0.15) is 30.2 Å². The summed E-state index contributed by atoms with van der Waals surface area (Å²) >= 11 is 0. The Morgan fingerprint density at radius 1 is 1.30 bits per heavy atom. The molecule has 0 saturated carbocycles. The average Bonchev–Trinajstić information content (AvgIpc) is 3.39. The second-order valence-corrected chi connectivity index (χ2v) is 6.25. The number of furan rings is 1. The number of ether oxygens (including phenoxy) is 1. The van der Waals surface area contributed by atoms with Crippen LogP contribution in [0.25, 0.3) is 0 Å². The Balaban J connectivity index is 0.00000261. The topological polar surface area (TPSA) is 74.9 Å². The van der Waals surface area contributed by atoms with Crippen molar-refractivity contribution in [1.82, 2.24) is 20.5 Å². The lowest BCUT2D eigenvalue weighted by Gasteiger charge is -2.26. The van der Waals surface area contributed by atoms with Crippen molar-refractivity contribution >= 4 is 29.9 Å². The Morgan fingerprint density at radius 3 is 2.78 bits per heavy atom. The molecule has 0 amide bonds. The highest BCUT2D eigenvalue weighted by molar-refractivity contribution is 14.0. The summed E-state index contributed by atoms with van der Waals surface area (Å²) in [5, 5.41) is 6.74. The summed E-state index contributed by atoms with van der Waals surface area (Å²) in [6.45, 7) is 3.53. The van der Waals surface area contributed by atoms with Crippen LogP contribution in [0.2, 0.25) is 0 Å². The molecule has 27 heavy (non-hydrogen) atoms. The van der Waals surface area contributed by atoms with Crippen LogP contribution in [-0.4, -0.2) is 49.6 Å². The average molecular weight is 485 g/mol. The molecule has 2 aromatic heterocycles. The molecule has 148 valence electrons. The van der Waals surface area contributed by atoms with Crippen molar-refractivity contribution in [3.63, 3.8) is 0 Å². The maximum absolute atomic E-state index is 5.67. The summed E-state index contributed by atoms with van der Waals surface area (Å²) in [5.41, 5.74) is 0.986. The van der Waals surface area contributed by atoms with Crippen molar-refractivity contribution in [2.24, 2.45) is 4.99 Å². The van der Waals surface area contributed by atoms with Crippen molar-refractivity contribution in [3.8, 4) is 5.88 Å². The van der Waals surface area contributed by atoms with Gasteiger partial charge in [-0.15, -0.1) is 24.0 Å². The minimum Gasteiger partial charge on any atom is -0.481 e. The van der Waals surface area contributed by atoms with Crippen LogP contribution in [0.4, 0.5) is 0 Å². The zero-order valence-electron chi connectivity index (χ0n) is 15.9. The van der Waals surface area contributed by atoms with Gasteiger partial charge in [0, 0.05) is 31.9 Å². The maximum atomic E-state index is 5.67. The number of rotatable bonds is 7. The van der Waals surface area contributed by atoms with Crippen LogP contribution in [-0.2, 0) is 6.54 Å². The van der Waals surface area contributed by atoms with Gasteiger partial charge in [0.15, 0.2) is 5.96 Å². The second-order valence-electron chi connectivity index (χ2n) is 6.25. The van der Waals surface area contributed by atoms with E-state index < -0.39 is 0 Å². The SMILES string of the molecule is CN=C(NCc1cccnc1OC)NCC(c1ccco1)N1CCCC1.I. The number of guanidine groups is 1. The monoisotopic (exact) mass is 485 g/mol. The second kappa shape index (κ2) is 11.1. The lowest BCUT2D eigenvalue weighted by atomic mass is 10.2. The third-order valence-corrected chi connectivity index (χ3v) is 4.63. The molecule has 8 heteroatoms. The minimum absolute atomic E-state index is 0. The molecule has 1 saturated heterocycles. The molecule has 1 fully saturated rings. The Hall–Kier alpha value is -1.81. The first-order valence-corrected chi connectivity index (χ1v) is 9.01. The summed E-state index contributed by atoms with van der Waals surface area (Å²) in [5.74, 6) is 2.36. The number of methoxy groups -OCH3 is 1. The molecule has 7 nitrogen and oxygen atoms in total. The predicted molar refractivity (Wildman–Crippen MR) is 117 cm³/mol. The number of hydrogen-bond acceptors (Lipinski definition) is 5. The summed E-state index contributed by atoms with van der Waals surface area (Å²) in [7, 11) is 3.40. The standard InChI is InChI=1S/C19H27N5O2.HI/c1-20-19(22-13-15-7-5-9-21-18(15)25-2)23-14-16(17-8-6-12-26-17)24-10-3-4-11-24;/h5-9,12,16H,3-4,10-11,13-14H2,1-2H3,(H2,20,22,23);1H. The lowest BCUT2D eigenvalue weighted by molar-refractivity contribution is 0.215. The van der Waals surface area contributed by atoms with E-state index in [1.165, 1.54) is 12.8 Å². The number of pyridine rings is 1. The third kappa shape index (κ3) is 5.83. The van der Waals surface area contributed by atoms with E-state index >= 15 is 0 Å². The number of halogens is 1. The molecule has 0 aromatic carbocycles. The van der Waals surface area contributed by atoms with Crippen molar-refractivity contribution in [3.05, 3.63) is 48.0 Å². The Labute approximate surface area is 177 Å². The summed E-state index contributed by atoms with van der Waals surface area (Å²) in [4.78, 5) is 11.0. The van der Waals surface area contributed by atoms with Crippen molar-refractivity contribution in [2.45, 2.75) is 25.4 Å². The molecule has 1 atom stereocenters. The number of likely N-dealkylation sites (tertiary alicyclic amines) is 1. The van der Waals surface area contributed by atoms with Gasteiger partial charge in [0.2, 0.25) is 5.88 Å². The predicted octanol–water partition coefficient (Wildman–Crippen LogP) is 2.80. The summed E-state index contributed by atoms with van der Waals surface area (Å²) in [6.07, 6.45) is 5.94. The number of nitrogens with one attached hydrogen (secondary N) is 2. The van der Waals surface area contributed by atoms with E-state index in [2.05, 4.69) is 25.5 Å². The molecule has 2 aromatic rings. The van der Waals surface area contributed by atoms with Gasteiger partial charge >= 0.3 is 0 Å². The quantitative estimate of drug-likeness (QED) is 0.357. The molecule has 2 N–H and O–H groups in total. The van der Waals surface area contributed by atoms with Gasteiger partial charge in [0.25, 0.3) is 0 Å². The van der Waals surface area contributed by atoms with E-state index in [9.17, 15) is 0 Å². The van der Waals surface area contributed by atoms with Gasteiger partial charge in [-0.2, -0.15) is 0 Å². The highest BCUT2D eigenvalue weighted by Crippen LogP contribution is 2.24. The molecule has 0 aliphatic carbocycles. The number of nitrogens with zero attached hydrogens (tertiary/aromatic N) is 3. The molecule has 0 radical (unpaired) electrons. The van der Waals surface area contributed by atoms with E-state index in [4.69, 9.17) is 9.15 Å². The van der Waals surface area contributed by atoms with Crippen molar-refractivity contribution in [2.75, 3.05) is 33.8 Å². The summed E-state index contributed by atoms with van der Waals surface area (Å²) < 4.78 is 11.0. The fraction of sp³-hybridized carbons (Fsp3) is 0.474. The lowest BCUT2D eigenvalue weighted by Crippen LogP contribution is -2.42. The number of aromatic nitrogens is 1. The van der Waals surface area contributed by atoms with Crippen LogP contribution in [0.15, 0.2) is 46.1 Å². The van der Waals surface area contributed by atoms with E-state index in [1.807, 2.05) is 24.3 Å². The molecule has 3 heterocycles. The normalized spacial score (nSPS) is 15.9. The highest BCUT2D eigenvalue weighted by atomic mass is 127. The van der Waals surface area contributed by atoms with Gasteiger partial charge in [0.1, 0.15) is 5.76 Å². The summed E-state index contributed by atoms with van der Waals surface area (Å²) in [6, 6.07) is 8.08. The zero-order valence-corrected chi connectivity index (χ0v) is 18.2. The minimum atomic E-state index is 0. The van der Waals surface area contributed by atoms with E-state index in [0.717, 1.165) is 36.9 Å². The number of aliphatic imine (C=N–C) groups is 1. The number of hydrogen-bond donors (Lipinski definition) is 2. The first kappa shape index (κ1) is 21.5. The van der Waals surface area contributed by atoms with Crippen LogP contribution >= 0.6 is 24.0 Å². The smallest absolute Gasteiger partial charge is 0.218 e. The molecule has 0 spiro atoms. The van der Waals surface area contributed by atoms with Crippen molar-refractivity contribution in [1.29, 1.82) is 0 Å². The highest BCUT2D eigenvalue weighted by Gasteiger charge is 2.25. The molecular weight excluding hydrogens is 457 g/mol. The van der Waals surface area contributed by atoms with E-state index in [1.54, 1.807) is 26.6 Å². The maximum Gasteiger partial charge on any atom is 0.218 e. The molecule has 1 aliphatic heterocycles. The van der Waals surface area contributed by atoms with E-state index in [-0.39, 0.29) is 30.0 Å². The van der Waals surface area contributed by atoms with E-state index in [0.29, 0.717) is 12.4 Å². The van der Waals surface area contributed by atoms with Gasteiger partial charge < -0.3 is 19.8 Å². The van der Waals surface area contributed by atoms with Gasteiger partial charge in [-0.1, -0.05) is 6.07 Å². The largest absolute Gasteiger partial charge is 0.481 e. The Bertz CT molecular complexity index is 702. The zero-order chi connectivity index (χ0) is 18.2. The third-order valence-electron chi connectivity index (χ3n) is 4.63.